The fourth-order valence-corrected chi connectivity index (χ4v) is 3.06. The first-order valence-corrected chi connectivity index (χ1v) is 7.15. The van der Waals surface area contributed by atoms with Gasteiger partial charge in [-0.05, 0) is 6.42 Å². The van der Waals surface area contributed by atoms with Gasteiger partial charge in [-0.3, -0.25) is 9.59 Å². The number of nitrogens with zero attached hydrogens (tertiary/aromatic N) is 1. The van der Waals surface area contributed by atoms with E-state index in [-0.39, 0.29) is 5.91 Å². The SMILES string of the molecule is CCC1CN(C(=O)C(C)C(C)C(=O)O)CCS1. The highest BCUT2D eigenvalue weighted by Gasteiger charge is 2.31. The number of carbonyl (C=O) groups excluding carboxylic acids is 1. The second-order valence-electron chi connectivity index (χ2n) is 4.60. The molecule has 98 valence electrons. The summed E-state index contributed by atoms with van der Waals surface area (Å²) >= 11 is 1.90. The summed E-state index contributed by atoms with van der Waals surface area (Å²) in [5.74, 6) is -1.01. The van der Waals surface area contributed by atoms with E-state index in [1.165, 1.54) is 0 Å². The van der Waals surface area contributed by atoms with E-state index in [1.54, 1.807) is 13.8 Å². The number of carboxylic acids is 1. The number of thioether (sulfide) groups is 1. The summed E-state index contributed by atoms with van der Waals surface area (Å²) in [4.78, 5) is 24.9. The summed E-state index contributed by atoms with van der Waals surface area (Å²) < 4.78 is 0. The van der Waals surface area contributed by atoms with Gasteiger partial charge in [-0.1, -0.05) is 20.8 Å². The Labute approximate surface area is 107 Å². The van der Waals surface area contributed by atoms with Gasteiger partial charge in [0.05, 0.1) is 5.92 Å². The molecule has 3 atom stereocenters. The molecule has 4 nitrogen and oxygen atoms in total. The van der Waals surface area contributed by atoms with E-state index in [0.717, 1.165) is 25.3 Å². The average molecular weight is 259 g/mol. The van der Waals surface area contributed by atoms with Gasteiger partial charge in [0.1, 0.15) is 0 Å². The van der Waals surface area contributed by atoms with Crippen LogP contribution in [0.3, 0.4) is 0 Å². The van der Waals surface area contributed by atoms with Gasteiger partial charge in [0.15, 0.2) is 0 Å². The van der Waals surface area contributed by atoms with Gasteiger partial charge < -0.3 is 10.0 Å². The molecule has 0 aromatic heterocycles. The van der Waals surface area contributed by atoms with Gasteiger partial charge >= 0.3 is 5.97 Å². The summed E-state index contributed by atoms with van der Waals surface area (Å²) in [6.45, 7) is 6.94. The van der Waals surface area contributed by atoms with Crippen molar-refractivity contribution in [3.8, 4) is 0 Å². The van der Waals surface area contributed by atoms with Gasteiger partial charge in [-0.25, -0.2) is 0 Å². The first kappa shape index (κ1) is 14.4. The largest absolute Gasteiger partial charge is 0.481 e. The summed E-state index contributed by atoms with van der Waals surface area (Å²) in [5, 5.41) is 9.42. The second kappa shape index (κ2) is 6.28. The van der Waals surface area contributed by atoms with E-state index in [9.17, 15) is 9.59 Å². The zero-order chi connectivity index (χ0) is 13.0. The van der Waals surface area contributed by atoms with Crippen molar-refractivity contribution < 1.29 is 14.7 Å². The summed E-state index contributed by atoms with van der Waals surface area (Å²) in [6.07, 6.45) is 1.05. The molecule has 1 aliphatic heterocycles. The minimum Gasteiger partial charge on any atom is -0.481 e. The lowest BCUT2D eigenvalue weighted by Gasteiger charge is -2.34. The fraction of sp³-hybridized carbons (Fsp3) is 0.833. The second-order valence-corrected chi connectivity index (χ2v) is 6.01. The number of carboxylic acid groups (broad SMARTS) is 1. The molecule has 0 spiro atoms. The van der Waals surface area contributed by atoms with Crippen LogP contribution in [0.2, 0.25) is 0 Å². The van der Waals surface area contributed by atoms with Crippen molar-refractivity contribution >= 4 is 23.6 Å². The van der Waals surface area contributed by atoms with Crippen LogP contribution in [0, 0.1) is 11.8 Å². The van der Waals surface area contributed by atoms with Gasteiger partial charge in [0.25, 0.3) is 0 Å². The molecular formula is C12H21NO3S. The molecule has 1 amide bonds. The van der Waals surface area contributed by atoms with E-state index >= 15 is 0 Å². The van der Waals surface area contributed by atoms with Crippen molar-refractivity contribution in [3.05, 3.63) is 0 Å². The molecule has 1 rings (SSSR count). The Bertz CT molecular complexity index is 295. The highest BCUT2D eigenvalue weighted by Crippen LogP contribution is 2.24. The molecule has 1 aliphatic rings. The highest BCUT2D eigenvalue weighted by molar-refractivity contribution is 8.00. The van der Waals surface area contributed by atoms with Gasteiger partial charge in [0.2, 0.25) is 5.91 Å². The van der Waals surface area contributed by atoms with Crippen molar-refractivity contribution in [1.29, 1.82) is 0 Å². The topological polar surface area (TPSA) is 57.6 Å². The lowest BCUT2D eigenvalue weighted by Crippen LogP contribution is -2.46. The monoisotopic (exact) mass is 259 g/mol. The first-order chi connectivity index (χ1) is 7.97. The van der Waals surface area contributed by atoms with Crippen LogP contribution in [0.1, 0.15) is 27.2 Å². The number of rotatable bonds is 4. The van der Waals surface area contributed by atoms with Crippen molar-refractivity contribution in [2.75, 3.05) is 18.8 Å². The number of amides is 1. The van der Waals surface area contributed by atoms with E-state index in [2.05, 4.69) is 6.92 Å². The van der Waals surface area contributed by atoms with Crippen LogP contribution in [0.15, 0.2) is 0 Å². The fourth-order valence-electron chi connectivity index (χ4n) is 1.88. The predicted octanol–water partition coefficient (Wildman–Crippen LogP) is 1.70. The average Bonchev–Trinajstić information content (AvgIpc) is 2.36. The Morgan fingerprint density at radius 1 is 1.41 bits per heavy atom. The summed E-state index contributed by atoms with van der Waals surface area (Å²) in [7, 11) is 0. The standard InChI is InChI=1S/C12H21NO3S/c1-4-10-7-13(5-6-17-10)11(14)8(2)9(3)12(15)16/h8-10H,4-7H2,1-3H3,(H,15,16). The van der Waals surface area contributed by atoms with Crippen LogP contribution >= 0.6 is 11.8 Å². The molecule has 0 aromatic carbocycles. The first-order valence-electron chi connectivity index (χ1n) is 6.10. The Morgan fingerprint density at radius 2 is 2.06 bits per heavy atom. The summed E-state index contributed by atoms with van der Waals surface area (Å²) in [6, 6.07) is 0. The maximum absolute atomic E-state index is 12.2. The molecule has 17 heavy (non-hydrogen) atoms. The smallest absolute Gasteiger partial charge is 0.307 e. The normalized spacial score (nSPS) is 24.2. The van der Waals surface area contributed by atoms with Crippen LogP contribution in [-0.4, -0.2) is 46.0 Å². The third kappa shape index (κ3) is 3.63. The molecule has 0 radical (unpaired) electrons. The minimum absolute atomic E-state index is 0.0151. The zero-order valence-corrected chi connectivity index (χ0v) is 11.5. The molecule has 0 aliphatic carbocycles. The van der Waals surface area contributed by atoms with Crippen LogP contribution in [0.4, 0.5) is 0 Å². The van der Waals surface area contributed by atoms with Crippen molar-refractivity contribution in [2.24, 2.45) is 11.8 Å². The number of carbonyl (C=O) groups is 2. The van der Waals surface area contributed by atoms with E-state index in [4.69, 9.17) is 5.11 Å². The third-order valence-electron chi connectivity index (χ3n) is 3.43. The molecule has 1 N–H and O–H groups in total. The van der Waals surface area contributed by atoms with Crippen molar-refractivity contribution in [2.45, 2.75) is 32.4 Å². The Balaban J connectivity index is 2.59. The summed E-state index contributed by atoms with van der Waals surface area (Å²) in [5.41, 5.74) is 0. The molecule has 1 saturated heterocycles. The molecule has 0 saturated carbocycles. The maximum Gasteiger partial charge on any atom is 0.307 e. The van der Waals surface area contributed by atoms with E-state index in [0.29, 0.717) is 5.25 Å². The minimum atomic E-state index is -0.899. The zero-order valence-electron chi connectivity index (χ0n) is 10.7. The van der Waals surface area contributed by atoms with Crippen LogP contribution in [0.5, 0.6) is 0 Å². The molecular weight excluding hydrogens is 238 g/mol. The number of hydrogen-bond donors (Lipinski definition) is 1. The van der Waals surface area contributed by atoms with Crippen LogP contribution in [0.25, 0.3) is 0 Å². The third-order valence-corrected chi connectivity index (χ3v) is 4.81. The van der Waals surface area contributed by atoms with Gasteiger partial charge in [-0.15, -0.1) is 0 Å². The number of aliphatic carboxylic acids is 1. The lowest BCUT2D eigenvalue weighted by atomic mass is 9.94. The van der Waals surface area contributed by atoms with Crippen LogP contribution in [-0.2, 0) is 9.59 Å². The van der Waals surface area contributed by atoms with E-state index < -0.39 is 17.8 Å². The number of hydrogen-bond acceptors (Lipinski definition) is 3. The lowest BCUT2D eigenvalue weighted by molar-refractivity contribution is -0.149. The van der Waals surface area contributed by atoms with Crippen molar-refractivity contribution in [1.82, 2.24) is 4.90 Å². The van der Waals surface area contributed by atoms with Gasteiger partial charge in [0, 0.05) is 30.0 Å². The Morgan fingerprint density at radius 3 is 2.59 bits per heavy atom. The molecule has 1 fully saturated rings. The van der Waals surface area contributed by atoms with Crippen LogP contribution < -0.4 is 0 Å². The Hall–Kier alpha value is -0.710. The molecule has 5 heteroatoms. The molecule has 0 aromatic rings. The van der Waals surface area contributed by atoms with E-state index in [1.807, 2.05) is 16.7 Å². The van der Waals surface area contributed by atoms with Crippen molar-refractivity contribution in [3.63, 3.8) is 0 Å². The molecule has 1 heterocycles. The molecule has 3 unspecified atom stereocenters. The molecule has 0 bridgehead atoms. The predicted molar refractivity (Wildman–Crippen MR) is 69.1 cm³/mol. The maximum atomic E-state index is 12.2. The van der Waals surface area contributed by atoms with Gasteiger partial charge in [-0.2, -0.15) is 11.8 Å². The highest BCUT2D eigenvalue weighted by atomic mass is 32.2. The quantitative estimate of drug-likeness (QED) is 0.835. The Kier molecular flexibility index (Phi) is 5.31.